The maximum atomic E-state index is 11.7. The van der Waals surface area contributed by atoms with Gasteiger partial charge in [0.15, 0.2) is 5.79 Å². The van der Waals surface area contributed by atoms with Gasteiger partial charge in [0.2, 0.25) is 0 Å². The number of carbonyl (C=O) groups excluding carboxylic acids is 1. The Morgan fingerprint density at radius 1 is 1.35 bits per heavy atom. The van der Waals surface area contributed by atoms with Gasteiger partial charge in [0, 0.05) is 12.8 Å². The van der Waals surface area contributed by atoms with Gasteiger partial charge in [-0.2, -0.15) is 0 Å². The van der Waals surface area contributed by atoms with Crippen LogP contribution in [0.3, 0.4) is 0 Å². The minimum atomic E-state index is -0.869. The van der Waals surface area contributed by atoms with Crippen LogP contribution in [-0.4, -0.2) is 41.3 Å². The molecule has 0 amide bonds. The number of aliphatic hydroxyl groups excluding tert-OH is 1. The second kappa shape index (κ2) is 6.00. The van der Waals surface area contributed by atoms with E-state index in [1.807, 2.05) is 20.8 Å². The largest absolute Gasteiger partial charge is 0.460 e. The molecule has 2 atom stereocenters. The summed E-state index contributed by atoms with van der Waals surface area (Å²) in [4.78, 5) is 11.7. The Balaban J connectivity index is 1.82. The van der Waals surface area contributed by atoms with Gasteiger partial charge >= 0.3 is 5.97 Å². The molecule has 0 aromatic rings. The van der Waals surface area contributed by atoms with Crippen molar-refractivity contribution in [3.8, 4) is 0 Å². The molecule has 2 rings (SSSR count). The zero-order valence-corrected chi connectivity index (χ0v) is 12.7. The lowest BCUT2D eigenvalue weighted by Crippen LogP contribution is -2.37. The Hall–Kier alpha value is -0.650. The van der Waals surface area contributed by atoms with E-state index in [-0.39, 0.29) is 6.42 Å². The molecule has 0 aromatic carbocycles. The molecular weight excluding hydrogens is 260 g/mol. The number of aliphatic hydroxyl groups is 1. The molecule has 5 heteroatoms. The number of esters is 1. The first-order valence-electron chi connectivity index (χ1n) is 7.51. The van der Waals surface area contributed by atoms with Crippen LogP contribution in [0.4, 0.5) is 0 Å². The molecule has 20 heavy (non-hydrogen) atoms. The van der Waals surface area contributed by atoms with Crippen molar-refractivity contribution in [2.45, 2.75) is 82.9 Å². The van der Waals surface area contributed by atoms with Crippen molar-refractivity contribution in [2.75, 3.05) is 6.61 Å². The number of ether oxygens (including phenoxy) is 3. The predicted molar refractivity (Wildman–Crippen MR) is 73.1 cm³/mol. The van der Waals surface area contributed by atoms with Crippen LogP contribution in [0.2, 0.25) is 0 Å². The molecule has 1 heterocycles. The number of hydrogen-bond acceptors (Lipinski definition) is 5. The number of rotatable bonds is 3. The standard InChI is InChI=1S/C15H26O5/c1-14(2,3)20-13(17)9-11(16)12-10-18-15(19-12)7-5-4-6-8-15/h11-12,16H,4-10H2,1-3H3/t11?,12-/m1/s1. The van der Waals surface area contributed by atoms with Crippen LogP contribution >= 0.6 is 0 Å². The molecule has 2 fully saturated rings. The van der Waals surface area contributed by atoms with Crippen molar-refractivity contribution in [3.05, 3.63) is 0 Å². The third-order valence-electron chi connectivity index (χ3n) is 3.72. The van der Waals surface area contributed by atoms with Crippen LogP contribution in [0.15, 0.2) is 0 Å². The molecule has 2 aliphatic rings. The topological polar surface area (TPSA) is 65.0 Å². The Morgan fingerprint density at radius 2 is 2.00 bits per heavy atom. The second-order valence-corrected chi connectivity index (χ2v) is 6.80. The molecule has 0 bridgehead atoms. The summed E-state index contributed by atoms with van der Waals surface area (Å²) in [6.45, 7) is 5.78. The Labute approximate surface area is 120 Å². The predicted octanol–water partition coefficient (Wildman–Crippen LogP) is 2.15. The molecule has 1 saturated heterocycles. The normalized spacial score (nSPS) is 27.5. The summed E-state index contributed by atoms with van der Waals surface area (Å²) in [5.41, 5.74) is -0.533. The van der Waals surface area contributed by atoms with E-state index in [1.54, 1.807) is 0 Å². The zero-order valence-electron chi connectivity index (χ0n) is 12.7. The summed E-state index contributed by atoms with van der Waals surface area (Å²) in [5, 5.41) is 10.1. The van der Waals surface area contributed by atoms with Crippen LogP contribution in [0.5, 0.6) is 0 Å². The molecule has 1 spiro atoms. The lowest BCUT2D eigenvalue weighted by molar-refractivity contribution is -0.197. The summed E-state index contributed by atoms with van der Waals surface area (Å²) < 4.78 is 16.9. The van der Waals surface area contributed by atoms with Gasteiger partial charge in [-0.25, -0.2) is 0 Å². The molecule has 1 N–H and O–H groups in total. The molecule has 0 aromatic heterocycles. The van der Waals surface area contributed by atoms with Gasteiger partial charge < -0.3 is 19.3 Å². The van der Waals surface area contributed by atoms with E-state index in [0.29, 0.717) is 6.61 Å². The summed E-state index contributed by atoms with van der Waals surface area (Å²) in [5.74, 6) is -0.920. The second-order valence-electron chi connectivity index (χ2n) is 6.80. The van der Waals surface area contributed by atoms with Gasteiger partial charge in [-0.05, 0) is 33.6 Å². The minimum Gasteiger partial charge on any atom is -0.460 e. The van der Waals surface area contributed by atoms with E-state index in [1.165, 1.54) is 6.42 Å². The average Bonchev–Trinajstić information content (AvgIpc) is 2.71. The third-order valence-corrected chi connectivity index (χ3v) is 3.72. The fourth-order valence-corrected chi connectivity index (χ4v) is 2.81. The fourth-order valence-electron chi connectivity index (χ4n) is 2.81. The van der Waals surface area contributed by atoms with Crippen LogP contribution in [0.1, 0.15) is 59.3 Å². The fraction of sp³-hybridized carbons (Fsp3) is 0.933. The maximum Gasteiger partial charge on any atom is 0.309 e. The van der Waals surface area contributed by atoms with E-state index in [4.69, 9.17) is 14.2 Å². The third kappa shape index (κ3) is 4.17. The Morgan fingerprint density at radius 3 is 2.60 bits per heavy atom. The van der Waals surface area contributed by atoms with Crippen LogP contribution in [-0.2, 0) is 19.0 Å². The first kappa shape index (κ1) is 15.7. The molecule has 116 valence electrons. The molecule has 0 radical (unpaired) electrons. The van der Waals surface area contributed by atoms with Crippen LogP contribution in [0.25, 0.3) is 0 Å². The highest BCUT2D eigenvalue weighted by Gasteiger charge is 2.44. The molecule has 1 aliphatic carbocycles. The van der Waals surface area contributed by atoms with Gasteiger partial charge in [-0.3, -0.25) is 4.79 Å². The molecule has 5 nitrogen and oxygen atoms in total. The Bertz CT molecular complexity index is 341. The minimum absolute atomic E-state index is 0.0542. The lowest BCUT2D eigenvalue weighted by Gasteiger charge is -2.32. The SMILES string of the molecule is CC(C)(C)OC(=O)CC(O)[C@H]1COC2(CCCCC2)O1. The van der Waals surface area contributed by atoms with Crippen molar-refractivity contribution in [3.63, 3.8) is 0 Å². The summed E-state index contributed by atoms with van der Waals surface area (Å²) in [7, 11) is 0. The summed E-state index contributed by atoms with van der Waals surface area (Å²) in [6.07, 6.45) is 3.79. The monoisotopic (exact) mass is 286 g/mol. The quantitative estimate of drug-likeness (QED) is 0.805. The van der Waals surface area contributed by atoms with Crippen molar-refractivity contribution < 1.29 is 24.1 Å². The van der Waals surface area contributed by atoms with Crippen molar-refractivity contribution in [1.29, 1.82) is 0 Å². The zero-order chi connectivity index (χ0) is 14.8. The molecule has 1 saturated carbocycles. The highest BCUT2D eigenvalue weighted by molar-refractivity contribution is 5.70. The number of hydrogen-bond donors (Lipinski definition) is 1. The molecular formula is C15H26O5. The van der Waals surface area contributed by atoms with Gasteiger partial charge in [0.05, 0.1) is 19.1 Å². The van der Waals surface area contributed by atoms with Crippen molar-refractivity contribution >= 4 is 5.97 Å². The maximum absolute atomic E-state index is 11.7. The molecule has 1 aliphatic heterocycles. The summed E-state index contributed by atoms with van der Waals surface area (Å²) in [6, 6.07) is 0. The van der Waals surface area contributed by atoms with Crippen molar-refractivity contribution in [1.82, 2.24) is 0 Å². The van der Waals surface area contributed by atoms with Crippen LogP contribution in [0, 0.1) is 0 Å². The van der Waals surface area contributed by atoms with Gasteiger partial charge in [-0.1, -0.05) is 6.42 Å². The van der Waals surface area contributed by atoms with E-state index in [2.05, 4.69) is 0 Å². The van der Waals surface area contributed by atoms with E-state index < -0.39 is 29.6 Å². The lowest BCUT2D eigenvalue weighted by atomic mass is 9.94. The van der Waals surface area contributed by atoms with Crippen LogP contribution < -0.4 is 0 Å². The highest BCUT2D eigenvalue weighted by Crippen LogP contribution is 2.38. The Kier molecular flexibility index (Phi) is 4.72. The molecule has 1 unspecified atom stereocenters. The summed E-state index contributed by atoms with van der Waals surface area (Å²) >= 11 is 0. The highest BCUT2D eigenvalue weighted by atomic mass is 16.7. The first-order valence-corrected chi connectivity index (χ1v) is 7.51. The first-order chi connectivity index (χ1) is 9.30. The van der Waals surface area contributed by atoms with Gasteiger partial charge in [-0.15, -0.1) is 0 Å². The number of carbonyl (C=O) groups is 1. The average molecular weight is 286 g/mol. The van der Waals surface area contributed by atoms with Gasteiger partial charge in [0.25, 0.3) is 0 Å². The van der Waals surface area contributed by atoms with Crippen molar-refractivity contribution in [2.24, 2.45) is 0 Å². The van der Waals surface area contributed by atoms with E-state index in [0.717, 1.165) is 25.7 Å². The van der Waals surface area contributed by atoms with E-state index >= 15 is 0 Å². The smallest absolute Gasteiger partial charge is 0.309 e. The van der Waals surface area contributed by atoms with Gasteiger partial charge in [0.1, 0.15) is 11.7 Å². The van der Waals surface area contributed by atoms with E-state index in [9.17, 15) is 9.90 Å².